The third-order valence-corrected chi connectivity index (χ3v) is 7.21. The lowest BCUT2D eigenvalue weighted by Gasteiger charge is -2.44. The molecule has 1 aromatic heterocycles. The van der Waals surface area contributed by atoms with Gasteiger partial charge in [-0.2, -0.15) is 0 Å². The number of halogens is 2. The van der Waals surface area contributed by atoms with Crippen LogP contribution in [0, 0.1) is 5.82 Å². The van der Waals surface area contributed by atoms with Crippen LogP contribution >= 0.6 is 11.6 Å². The molecular formula is C26H27ClFN3O8. The Bertz CT molecular complexity index is 1400. The van der Waals surface area contributed by atoms with Gasteiger partial charge in [-0.3, -0.25) is 14.4 Å². The number of hydrogen-bond donors (Lipinski definition) is 1. The van der Waals surface area contributed by atoms with Crippen LogP contribution in [0.1, 0.15) is 64.8 Å². The normalized spacial score (nSPS) is 20.1. The van der Waals surface area contributed by atoms with Gasteiger partial charge in [0, 0.05) is 31.3 Å². The highest BCUT2D eigenvalue weighted by molar-refractivity contribution is 6.30. The van der Waals surface area contributed by atoms with Crippen molar-refractivity contribution in [2.75, 3.05) is 19.8 Å². The molecule has 2 aromatic rings. The molecule has 1 saturated heterocycles. The van der Waals surface area contributed by atoms with Crippen LogP contribution in [0.5, 0.6) is 5.75 Å². The van der Waals surface area contributed by atoms with Crippen LogP contribution in [-0.4, -0.2) is 59.7 Å². The molecule has 208 valence electrons. The number of fused-ring (bicyclic) bond motifs is 2. The van der Waals surface area contributed by atoms with Gasteiger partial charge in [0.15, 0.2) is 11.9 Å². The minimum atomic E-state index is -1.31. The maximum atomic E-state index is 14.4. The van der Waals surface area contributed by atoms with E-state index in [2.05, 4.69) is 5.32 Å². The van der Waals surface area contributed by atoms with Crippen LogP contribution in [0.25, 0.3) is 0 Å². The van der Waals surface area contributed by atoms with E-state index in [0.717, 1.165) is 0 Å². The summed E-state index contributed by atoms with van der Waals surface area (Å²) in [6.45, 7) is 3.70. The molecule has 0 aliphatic carbocycles. The number of rotatable bonds is 7. The molecule has 2 amide bonds. The molecule has 4 heterocycles. The summed E-state index contributed by atoms with van der Waals surface area (Å²) in [6.07, 6.45) is -1.41. The van der Waals surface area contributed by atoms with E-state index in [1.807, 2.05) is 0 Å². The number of aromatic nitrogens is 1. The van der Waals surface area contributed by atoms with Gasteiger partial charge in [-0.25, -0.2) is 9.18 Å². The number of pyridine rings is 1. The number of nitrogens with one attached hydrogen (secondary N) is 1. The number of ether oxygens (including phenoxy) is 4. The smallest absolute Gasteiger partial charge is 0.448 e. The Hall–Kier alpha value is -3.64. The van der Waals surface area contributed by atoms with Crippen molar-refractivity contribution in [1.82, 2.24) is 14.8 Å². The Morgan fingerprint density at radius 3 is 2.87 bits per heavy atom. The fourth-order valence-electron chi connectivity index (χ4n) is 5.31. The standard InChI is InChI=1S/C26H27ClFN3O8/c1-3-36-26(35)39-13(2)38-22-20-24(34)30-10-5-11-37-25(30)17-9-8-16(31(17)20)18(21(22)32)23(33)29-12-14-6-4-7-15(27)19(14)28/h4,6-7,13,17,25H,3,5,8-12H2,1-2H3,(H,29,33)/t13-,17+,25-/m0/s1. The zero-order chi connectivity index (χ0) is 27.8. The summed E-state index contributed by atoms with van der Waals surface area (Å²) in [7, 11) is 0. The number of carbonyl (C=O) groups is 3. The average Bonchev–Trinajstić information content (AvgIpc) is 3.34. The van der Waals surface area contributed by atoms with E-state index in [4.69, 9.17) is 30.5 Å². The average molecular weight is 564 g/mol. The molecule has 3 aliphatic heterocycles. The van der Waals surface area contributed by atoms with Gasteiger partial charge in [0.2, 0.25) is 17.5 Å². The van der Waals surface area contributed by atoms with Crippen LogP contribution in [0.15, 0.2) is 23.0 Å². The lowest BCUT2D eigenvalue weighted by molar-refractivity contribution is -0.110. The lowest BCUT2D eigenvalue weighted by Crippen LogP contribution is -2.55. The predicted molar refractivity (Wildman–Crippen MR) is 134 cm³/mol. The second-order valence-corrected chi connectivity index (χ2v) is 9.71. The molecule has 11 nitrogen and oxygen atoms in total. The Labute approximate surface area is 227 Å². The Morgan fingerprint density at radius 2 is 2.10 bits per heavy atom. The highest BCUT2D eigenvalue weighted by Crippen LogP contribution is 2.42. The summed E-state index contributed by atoms with van der Waals surface area (Å²) < 4.78 is 37.5. The molecule has 0 saturated carbocycles. The van der Waals surface area contributed by atoms with E-state index in [-0.39, 0.29) is 41.0 Å². The summed E-state index contributed by atoms with van der Waals surface area (Å²) in [5.74, 6) is -2.35. The van der Waals surface area contributed by atoms with Crippen LogP contribution in [0.3, 0.4) is 0 Å². The van der Waals surface area contributed by atoms with Gasteiger partial charge in [-0.1, -0.05) is 23.7 Å². The van der Waals surface area contributed by atoms with Gasteiger partial charge < -0.3 is 33.7 Å². The fourth-order valence-corrected chi connectivity index (χ4v) is 5.50. The van der Waals surface area contributed by atoms with Crippen LogP contribution < -0.4 is 15.5 Å². The highest BCUT2D eigenvalue weighted by atomic mass is 35.5. The van der Waals surface area contributed by atoms with Gasteiger partial charge in [-0.05, 0) is 32.3 Å². The third-order valence-electron chi connectivity index (χ3n) is 6.92. The van der Waals surface area contributed by atoms with Gasteiger partial charge in [0.1, 0.15) is 11.4 Å². The molecule has 3 atom stereocenters. The summed E-state index contributed by atoms with van der Waals surface area (Å²) >= 11 is 5.85. The first-order valence-corrected chi connectivity index (χ1v) is 13.1. The maximum absolute atomic E-state index is 14.4. The monoisotopic (exact) mass is 563 g/mol. The highest BCUT2D eigenvalue weighted by Gasteiger charge is 2.48. The molecule has 39 heavy (non-hydrogen) atoms. The first-order chi connectivity index (χ1) is 18.7. The van der Waals surface area contributed by atoms with Crippen molar-refractivity contribution in [2.24, 2.45) is 0 Å². The molecule has 1 N–H and O–H groups in total. The number of amides is 2. The van der Waals surface area contributed by atoms with E-state index in [0.29, 0.717) is 38.1 Å². The molecule has 3 aliphatic rings. The molecule has 0 spiro atoms. The van der Waals surface area contributed by atoms with Gasteiger partial charge in [-0.15, -0.1) is 0 Å². The molecule has 0 bridgehead atoms. The SMILES string of the molecule is CCOC(=O)O[C@@H](C)Oc1c2n3c(c(C(=O)NCc4cccc(Cl)c4F)c1=O)CC[C@@H]3[C@@H]1OCCCN1C2=O. The minimum absolute atomic E-state index is 0.0315. The second kappa shape index (κ2) is 10.9. The number of benzene rings is 1. The van der Waals surface area contributed by atoms with Gasteiger partial charge >= 0.3 is 6.16 Å². The Balaban J connectivity index is 1.56. The summed E-state index contributed by atoms with van der Waals surface area (Å²) in [4.78, 5) is 54.2. The lowest BCUT2D eigenvalue weighted by atomic mass is 10.1. The van der Waals surface area contributed by atoms with Crippen LogP contribution in [-0.2, 0) is 27.2 Å². The van der Waals surface area contributed by atoms with Crippen molar-refractivity contribution in [3.05, 3.63) is 61.8 Å². The maximum Gasteiger partial charge on any atom is 0.511 e. The minimum Gasteiger partial charge on any atom is -0.448 e. The van der Waals surface area contributed by atoms with E-state index in [9.17, 15) is 23.6 Å². The van der Waals surface area contributed by atoms with Crippen LogP contribution in [0.2, 0.25) is 5.02 Å². The molecule has 0 unspecified atom stereocenters. The van der Waals surface area contributed by atoms with E-state index in [1.165, 1.54) is 19.1 Å². The topological polar surface area (TPSA) is 125 Å². The number of nitrogens with zero attached hydrogens (tertiary/aromatic N) is 2. The summed E-state index contributed by atoms with van der Waals surface area (Å²) in [5.41, 5.74) is -0.616. The van der Waals surface area contributed by atoms with E-state index < -0.39 is 47.5 Å². The molecule has 13 heteroatoms. The van der Waals surface area contributed by atoms with Crippen LogP contribution in [0.4, 0.5) is 9.18 Å². The van der Waals surface area contributed by atoms with E-state index in [1.54, 1.807) is 22.5 Å². The number of hydrogen-bond acceptors (Lipinski definition) is 8. The molecule has 1 aromatic carbocycles. The first-order valence-electron chi connectivity index (χ1n) is 12.7. The molecular weight excluding hydrogens is 537 g/mol. The van der Waals surface area contributed by atoms with Gasteiger partial charge in [0.05, 0.1) is 24.3 Å². The summed E-state index contributed by atoms with van der Waals surface area (Å²) in [5, 5.41) is 2.48. The second-order valence-electron chi connectivity index (χ2n) is 9.30. The summed E-state index contributed by atoms with van der Waals surface area (Å²) in [6, 6.07) is 4.04. The predicted octanol–water partition coefficient (Wildman–Crippen LogP) is 3.16. The molecule has 0 radical (unpaired) electrons. The van der Waals surface area contributed by atoms with Crippen molar-refractivity contribution < 1.29 is 37.7 Å². The van der Waals surface area contributed by atoms with Crippen molar-refractivity contribution in [1.29, 1.82) is 0 Å². The Kier molecular flexibility index (Phi) is 7.50. The van der Waals surface area contributed by atoms with Crippen molar-refractivity contribution in [3.8, 4) is 5.75 Å². The van der Waals surface area contributed by atoms with Crippen molar-refractivity contribution in [3.63, 3.8) is 0 Å². The number of carbonyl (C=O) groups excluding carboxylic acids is 3. The molecule has 5 rings (SSSR count). The first kappa shape index (κ1) is 26.9. The Morgan fingerprint density at radius 1 is 1.31 bits per heavy atom. The largest absolute Gasteiger partial charge is 0.511 e. The zero-order valence-corrected chi connectivity index (χ0v) is 22.1. The zero-order valence-electron chi connectivity index (χ0n) is 21.3. The van der Waals surface area contributed by atoms with E-state index >= 15 is 0 Å². The van der Waals surface area contributed by atoms with Gasteiger partial charge in [0.25, 0.3) is 11.8 Å². The van der Waals surface area contributed by atoms with Crippen molar-refractivity contribution in [2.45, 2.75) is 58.2 Å². The molecule has 1 fully saturated rings. The fraction of sp³-hybridized carbons (Fsp3) is 0.462. The quantitative estimate of drug-likeness (QED) is 0.402. The third kappa shape index (κ3) is 4.82. The van der Waals surface area contributed by atoms with Crippen molar-refractivity contribution >= 4 is 29.6 Å².